The van der Waals surface area contributed by atoms with Gasteiger partial charge in [-0.15, -0.1) is 0 Å². The van der Waals surface area contributed by atoms with Gasteiger partial charge < -0.3 is 19.5 Å². The van der Waals surface area contributed by atoms with Gasteiger partial charge in [0.15, 0.2) is 0 Å². The molecule has 3 heterocycles. The van der Waals surface area contributed by atoms with E-state index >= 15 is 0 Å². The van der Waals surface area contributed by atoms with Crippen LogP contribution in [0.15, 0.2) is 30.7 Å². The number of rotatable bonds is 5. The first-order valence-corrected chi connectivity index (χ1v) is 8.55. The van der Waals surface area contributed by atoms with Gasteiger partial charge in [-0.1, -0.05) is 0 Å². The van der Waals surface area contributed by atoms with Gasteiger partial charge in [-0.05, 0) is 30.9 Å². The molecule has 1 N–H and O–H groups in total. The number of imidazole rings is 1. The lowest BCUT2D eigenvalue weighted by Gasteiger charge is -2.30. The van der Waals surface area contributed by atoms with Crippen LogP contribution in [0.3, 0.4) is 0 Å². The summed E-state index contributed by atoms with van der Waals surface area (Å²) in [6.45, 7) is 1.44. The maximum Gasteiger partial charge on any atom is 0.270 e. The highest BCUT2D eigenvalue weighted by molar-refractivity contribution is 5.93. The molecule has 0 bridgehead atoms. The smallest absolute Gasteiger partial charge is 0.270 e. The van der Waals surface area contributed by atoms with Crippen molar-refractivity contribution in [3.8, 4) is 0 Å². The van der Waals surface area contributed by atoms with E-state index in [1.807, 2.05) is 42.9 Å². The van der Waals surface area contributed by atoms with Gasteiger partial charge in [0.25, 0.3) is 5.91 Å². The number of ether oxygens (including phenoxy) is 1. The molecular weight excluding hydrogens is 318 g/mol. The second-order valence-electron chi connectivity index (χ2n) is 6.59. The lowest BCUT2D eigenvalue weighted by atomic mass is 9.91. The number of carbonyl (C=O) groups excluding carboxylic acids is 1. The maximum atomic E-state index is 12.8. The minimum absolute atomic E-state index is 0.152. The summed E-state index contributed by atoms with van der Waals surface area (Å²) in [6.07, 6.45) is 7.14. The Morgan fingerprint density at radius 2 is 2.08 bits per heavy atom. The third-order valence-electron chi connectivity index (χ3n) is 4.65. The van der Waals surface area contributed by atoms with Crippen LogP contribution < -0.4 is 10.2 Å². The number of nitrogens with one attached hydrogen (secondary N) is 1. The molecule has 3 rings (SSSR count). The lowest BCUT2D eigenvalue weighted by molar-refractivity contribution is 0.0498. The van der Waals surface area contributed by atoms with Gasteiger partial charge in [-0.2, -0.15) is 0 Å². The Labute approximate surface area is 148 Å². The summed E-state index contributed by atoms with van der Waals surface area (Å²) in [7, 11) is 5.83. The van der Waals surface area contributed by atoms with Crippen LogP contribution in [0.25, 0.3) is 0 Å². The van der Waals surface area contributed by atoms with Crippen molar-refractivity contribution in [3.63, 3.8) is 0 Å². The summed E-state index contributed by atoms with van der Waals surface area (Å²) in [6, 6.07) is 3.53. The highest BCUT2D eigenvalue weighted by atomic mass is 16.5. The predicted molar refractivity (Wildman–Crippen MR) is 95.5 cm³/mol. The number of pyridine rings is 1. The molecular formula is C18H25N5O2. The molecule has 1 fully saturated rings. The van der Waals surface area contributed by atoms with Crippen molar-refractivity contribution in [2.45, 2.75) is 18.9 Å². The summed E-state index contributed by atoms with van der Waals surface area (Å²) in [5.41, 5.74) is 1.36. The summed E-state index contributed by atoms with van der Waals surface area (Å²) >= 11 is 0. The monoisotopic (exact) mass is 343 g/mol. The van der Waals surface area contributed by atoms with Crippen LogP contribution >= 0.6 is 0 Å². The highest BCUT2D eigenvalue weighted by Crippen LogP contribution is 2.29. The molecule has 0 radical (unpaired) electrons. The Hall–Kier alpha value is -2.41. The fraction of sp³-hybridized carbons (Fsp3) is 0.500. The van der Waals surface area contributed by atoms with E-state index in [4.69, 9.17) is 4.74 Å². The molecule has 7 heteroatoms. The van der Waals surface area contributed by atoms with Crippen LogP contribution in [0.2, 0.25) is 0 Å². The van der Waals surface area contributed by atoms with Crippen molar-refractivity contribution < 1.29 is 9.53 Å². The molecule has 25 heavy (non-hydrogen) atoms. The first-order chi connectivity index (χ1) is 12.1. The van der Waals surface area contributed by atoms with Crippen molar-refractivity contribution in [3.05, 3.63) is 42.2 Å². The van der Waals surface area contributed by atoms with Crippen molar-refractivity contribution in [2.24, 2.45) is 13.0 Å². The minimum atomic E-state index is -0.178. The average molecular weight is 343 g/mol. The normalized spacial score (nSPS) is 16.4. The molecule has 0 spiro atoms. The number of aromatic nitrogens is 3. The molecule has 1 aliphatic heterocycles. The largest absolute Gasteiger partial charge is 0.381 e. The first kappa shape index (κ1) is 17.4. The second-order valence-corrected chi connectivity index (χ2v) is 6.59. The Morgan fingerprint density at radius 3 is 2.72 bits per heavy atom. The van der Waals surface area contributed by atoms with E-state index in [2.05, 4.69) is 15.3 Å². The van der Waals surface area contributed by atoms with Crippen LogP contribution in [0.5, 0.6) is 0 Å². The van der Waals surface area contributed by atoms with E-state index < -0.39 is 0 Å². The summed E-state index contributed by atoms with van der Waals surface area (Å²) in [4.78, 5) is 23.5. The zero-order valence-corrected chi connectivity index (χ0v) is 15.0. The molecule has 7 nitrogen and oxygen atoms in total. The Kier molecular flexibility index (Phi) is 5.33. The van der Waals surface area contributed by atoms with Crippen LogP contribution in [-0.4, -0.2) is 47.8 Å². The molecule has 0 unspecified atom stereocenters. The number of hydrogen-bond donors (Lipinski definition) is 1. The van der Waals surface area contributed by atoms with E-state index in [1.54, 1.807) is 18.5 Å². The van der Waals surface area contributed by atoms with Crippen molar-refractivity contribution >= 4 is 11.6 Å². The molecule has 0 saturated carbocycles. The number of aryl methyl sites for hydroxylation is 1. The molecule has 2 aromatic rings. The van der Waals surface area contributed by atoms with Crippen LogP contribution in [0, 0.1) is 5.92 Å². The lowest BCUT2D eigenvalue weighted by Crippen LogP contribution is -2.37. The quantitative estimate of drug-likeness (QED) is 0.896. The number of anilines is 1. The predicted octanol–water partition coefficient (Wildman–Crippen LogP) is 1.78. The zero-order chi connectivity index (χ0) is 17.8. The molecule has 0 aliphatic carbocycles. The van der Waals surface area contributed by atoms with Crippen molar-refractivity contribution in [1.82, 2.24) is 19.9 Å². The van der Waals surface area contributed by atoms with Gasteiger partial charge in [0.05, 0.1) is 6.04 Å². The molecule has 1 aliphatic rings. The first-order valence-electron chi connectivity index (χ1n) is 8.55. The van der Waals surface area contributed by atoms with E-state index in [-0.39, 0.29) is 11.9 Å². The molecule has 0 aromatic carbocycles. The molecule has 1 atom stereocenters. The van der Waals surface area contributed by atoms with Crippen molar-refractivity contribution in [2.75, 3.05) is 32.2 Å². The van der Waals surface area contributed by atoms with E-state index in [9.17, 15) is 4.79 Å². The Balaban J connectivity index is 1.83. The van der Waals surface area contributed by atoms with Gasteiger partial charge in [0.1, 0.15) is 11.5 Å². The van der Waals surface area contributed by atoms with Gasteiger partial charge in [0, 0.05) is 58.6 Å². The van der Waals surface area contributed by atoms with E-state index in [1.165, 1.54) is 0 Å². The molecule has 2 aromatic heterocycles. The van der Waals surface area contributed by atoms with Gasteiger partial charge in [0.2, 0.25) is 0 Å². The van der Waals surface area contributed by atoms with Gasteiger partial charge >= 0.3 is 0 Å². The Bertz CT molecular complexity index is 722. The second kappa shape index (κ2) is 7.65. The standard InChI is InChI=1S/C18H25N5O2/c1-22(2)14-4-7-19-15(12-14)18(24)21-16(13-5-10-25-11-6-13)17-20-8-9-23(17)3/h4,7-9,12-13,16H,5-6,10-11H2,1-3H3,(H,21,24)/t16-/m1/s1. The third-order valence-corrected chi connectivity index (χ3v) is 4.65. The fourth-order valence-electron chi connectivity index (χ4n) is 3.16. The summed E-state index contributed by atoms with van der Waals surface area (Å²) in [5.74, 6) is 0.989. The summed E-state index contributed by atoms with van der Waals surface area (Å²) < 4.78 is 7.43. The maximum absolute atomic E-state index is 12.8. The number of hydrogen-bond acceptors (Lipinski definition) is 5. The number of amides is 1. The fourth-order valence-corrected chi connectivity index (χ4v) is 3.16. The SMILES string of the molecule is CN(C)c1ccnc(C(=O)N[C@@H](c2nccn2C)C2CCOCC2)c1. The zero-order valence-electron chi connectivity index (χ0n) is 15.0. The average Bonchev–Trinajstić information content (AvgIpc) is 3.06. The van der Waals surface area contributed by atoms with Crippen LogP contribution in [-0.2, 0) is 11.8 Å². The van der Waals surface area contributed by atoms with E-state index in [0.717, 1.165) is 37.6 Å². The van der Waals surface area contributed by atoms with Gasteiger partial charge in [-0.3, -0.25) is 9.78 Å². The topological polar surface area (TPSA) is 72.3 Å². The summed E-state index contributed by atoms with van der Waals surface area (Å²) in [5, 5.41) is 3.15. The van der Waals surface area contributed by atoms with E-state index in [0.29, 0.717) is 11.6 Å². The molecule has 1 saturated heterocycles. The molecule has 134 valence electrons. The number of nitrogens with zero attached hydrogens (tertiary/aromatic N) is 4. The number of carbonyl (C=O) groups is 1. The van der Waals surface area contributed by atoms with Crippen molar-refractivity contribution in [1.29, 1.82) is 0 Å². The Morgan fingerprint density at radius 1 is 1.32 bits per heavy atom. The third kappa shape index (κ3) is 3.99. The molecule has 1 amide bonds. The van der Waals surface area contributed by atoms with Crippen LogP contribution in [0.4, 0.5) is 5.69 Å². The van der Waals surface area contributed by atoms with Gasteiger partial charge in [-0.25, -0.2) is 4.98 Å². The highest BCUT2D eigenvalue weighted by Gasteiger charge is 2.30. The minimum Gasteiger partial charge on any atom is -0.381 e. The van der Waals surface area contributed by atoms with Crippen LogP contribution in [0.1, 0.15) is 35.2 Å².